The average molecular weight is 387 g/mol. The van der Waals surface area contributed by atoms with Gasteiger partial charge in [0.1, 0.15) is 0 Å². The summed E-state index contributed by atoms with van der Waals surface area (Å²) in [5, 5.41) is 0. The van der Waals surface area contributed by atoms with Gasteiger partial charge in [-0.1, -0.05) is 25.1 Å². The first-order chi connectivity index (χ1) is 13.5. The molecule has 2 N–H and O–H groups in total. The van der Waals surface area contributed by atoms with Gasteiger partial charge in [0.2, 0.25) is 5.91 Å². The normalized spacial score (nSPS) is 19.1. The summed E-state index contributed by atoms with van der Waals surface area (Å²) in [6, 6.07) is 6.77. The van der Waals surface area contributed by atoms with Crippen molar-refractivity contribution in [2.24, 2.45) is 5.73 Å². The van der Waals surface area contributed by atoms with Gasteiger partial charge in [-0.25, -0.2) is 4.79 Å². The van der Waals surface area contributed by atoms with E-state index < -0.39 is 0 Å². The fourth-order valence-corrected chi connectivity index (χ4v) is 4.46. The van der Waals surface area contributed by atoms with Crippen LogP contribution in [0.5, 0.6) is 0 Å². The number of amides is 3. The standard InChI is InChI=1S/C22H34N4O2/c1-3-19-16-18(5-4-17(19)2)6-7-21(27)25-10-8-20(9-11-25)24-12-14-26(15-13-24)22(23)28/h4-5,16,20H,3,6-15H2,1-2H3,(H2,23,28). The molecule has 3 rings (SSSR count). The molecule has 28 heavy (non-hydrogen) atoms. The Bertz CT molecular complexity index is 690. The monoisotopic (exact) mass is 386 g/mol. The minimum Gasteiger partial charge on any atom is -0.351 e. The highest BCUT2D eigenvalue weighted by atomic mass is 16.2. The van der Waals surface area contributed by atoms with Crippen LogP contribution in [0.15, 0.2) is 18.2 Å². The molecule has 1 aromatic carbocycles. The molecule has 0 aromatic heterocycles. The number of piperidine rings is 1. The minimum absolute atomic E-state index is 0.274. The van der Waals surface area contributed by atoms with Crippen molar-refractivity contribution in [1.82, 2.24) is 14.7 Å². The molecule has 0 spiro atoms. The van der Waals surface area contributed by atoms with Gasteiger partial charge in [-0.15, -0.1) is 0 Å². The van der Waals surface area contributed by atoms with Crippen LogP contribution in [0.4, 0.5) is 4.79 Å². The Hall–Kier alpha value is -2.08. The summed E-state index contributed by atoms with van der Waals surface area (Å²) in [5.41, 5.74) is 9.33. The van der Waals surface area contributed by atoms with E-state index in [1.165, 1.54) is 16.7 Å². The lowest BCUT2D eigenvalue weighted by molar-refractivity contribution is -0.132. The molecule has 0 atom stereocenters. The lowest BCUT2D eigenvalue weighted by atomic mass is 9.99. The second-order valence-corrected chi connectivity index (χ2v) is 8.09. The summed E-state index contributed by atoms with van der Waals surface area (Å²) in [4.78, 5) is 30.1. The summed E-state index contributed by atoms with van der Waals surface area (Å²) < 4.78 is 0. The number of nitrogens with zero attached hydrogens (tertiary/aromatic N) is 3. The first-order valence-corrected chi connectivity index (χ1v) is 10.6. The summed E-state index contributed by atoms with van der Waals surface area (Å²) >= 11 is 0. The number of hydrogen-bond donors (Lipinski definition) is 1. The summed E-state index contributed by atoms with van der Waals surface area (Å²) in [5.74, 6) is 0.274. The van der Waals surface area contributed by atoms with E-state index in [1.807, 2.05) is 4.90 Å². The van der Waals surface area contributed by atoms with Crippen LogP contribution in [0.3, 0.4) is 0 Å². The maximum absolute atomic E-state index is 12.6. The zero-order valence-corrected chi connectivity index (χ0v) is 17.3. The number of primary amides is 1. The third-order valence-electron chi connectivity index (χ3n) is 6.38. The third-order valence-corrected chi connectivity index (χ3v) is 6.38. The molecule has 6 heteroatoms. The first-order valence-electron chi connectivity index (χ1n) is 10.6. The maximum atomic E-state index is 12.6. The Labute approximate surface area is 168 Å². The highest BCUT2D eigenvalue weighted by Crippen LogP contribution is 2.20. The fourth-order valence-electron chi connectivity index (χ4n) is 4.46. The Morgan fingerprint density at radius 2 is 1.71 bits per heavy atom. The van der Waals surface area contributed by atoms with Gasteiger partial charge in [-0.3, -0.25) is 9.69 Å². The Morgan fingerprint density at radius 3 is 2.32 bits per heavy atom. The van der Waals surface area contributed by atoms with Gasteiger partial charge >= 0.3 is 6.03 Å². The van der Waals surface area contributed by atoms with Crippen LogP contribution < -0.4 is 5.73 Å². The molecule has 0 aliphatic carbocycles. The molecule has 0 bridgehead atoms. The second kappa shape index (κ2) is 9.41. The molecule has 0 unspecified atom stereocenters. The van der Waals surface area contributed by atoms with E-state index in [1.54, 1.807) is 4.90 Å². The van der Waals surface area contributed by atoms with E-state index in [-0.39, 0.29) is 11.9 Å². The number of carbonyl (C=O) groups is 2. The quantitative estimate of drug-likeness (QED) is 0.843. The smallest absolute Gasteiger partial charge is 0.314 e. The van der Waals surface area contributed by atoms with Crippen LogP contribution >= 0.6 is 0 Å². The van der Waals surface area contributed by atoms with Crippen molar-refractivity contribution in [1.29, 1.82) is 0 Å². The van der Waals surface area contributed by atoms with Crippen molar-refractivity contribution in [3.63, 3.8) is 0 Å². The largest absolute Gasteiger partial charge is 0.351 e. The number of carbonyl (C=O) groups excluding carboxylic acids is 2. The van der Waals surface area contributed by atoms with Crippen LogP contribution in [0.1, 0.15) is 42.9 Å². The number of aryl methyl sites for hydroxylation is 3. The van der Waals surface area contributed by atoms with Crippen molar-refractivity contribution < 1.29 is 9.59 Å². The molecule has 0 radical (unpaired) electrons. The molecule has 2 fully saturated rings. The van der Waals surface area contributed by atoms with Crippen molar-refractivity contribution in [2.75, 3.05) is 39.3 Å². The molecule has 6 nitrogen and oxygen atoms in total. The maximum Gasteiger partial charge on any atom is 0.314 e. The molecular formula is C22H34N4O2. The minimum atomic E-state index is -0.320. The number of urea groups is 1. The molecule has 2 saturated heterocycles. The lowest BCUT2D eigenvalue weighted by Crippen LogP contribution is -2.55. The van der Waals surface area contributed by atoms with E-state index in [2.05, 4.69) is 36.9 Å². The second-order valence-electron chi connectivity index (χ2n) is 8.09. The summed E-state index contributed by atoms with van der Waals surface area (Å²) in [6.07, 6.45) is 4.49. The van der Waals surface area contributed by atoms with Crippen LogP contribution in [-0.4, -0.2) is 71.9 Å². The van der Waals surface area contributed by atoms with Crippen molar-refractivity contribution >= 4 is 11.9 Å². The number of likely N-dealkylation sites (tertiary alicyclic amines) is 1. The van der Waals surface area contributed by atoms with E-state index in [9.17, 15) is 9.59 Å². The van der Waals surface area contributed by atoms with Crippen LogP contribution in [0, 0.1) is 6.92 Å². The molecule has 0 saturated carbocycles. The van der Waals surface area contributed by atoms with E-state index in [4.69, 9.17) is 5.73 Å². The summed E-state index contributed by atoms with van der Waals surface area (Å²) in [7, 11) is 0. The number of hydrogen-bond acceptors (Lipinski definition) is 3. The van der Waals surface area contributed by atoms with Gasteiger partial charge in [0.25, 0.3) is 0 Å². The number of nitrogens with two attached hydrogens (primary N) is 1. The molecule has 2 aliphatic heterocycles. The van der Waals surface area contributed by atoms with Crippen LogP contribution in [0.25, 0.3) is 0 Å². The van der Waals surface area contributed by atoms with E-state index in [0.29, 0.717) is 25.6 Å². The van der Waals surface area contributed by atoms with Gasteiger partial charge < -0.3 is 15.5 Å². The molecule has 1 aromatic rings. The van der Waals surface area contributed by atoms with E-state index >= 15 is 0 Å². The van der Waals surface area contributed by atoms with Crippen LogP contribution in [-0.2, 0) is 17.6 Å². The van der Waals surface area contributed by atoms with Crippen molar-refractivity contribution in [3.05, 3.63) is 34.9 Å². The first kappa shape index (κ1) is 20.6. The van der Waals surface area contributed by atoms with Gasteiger partial charge in [0.05, 0.1) is 0 Å². The highest BCUT2D eigenvalue weighted by molar-refractivity contribution is 5.76. The van der Waals surface area contributed by atoms with Gasteiger partial charge in [0.15, 0.2) is 0 Å². The lowest BCUT2D eigenvalue weighted by Gasteiger charge is -2.42. The van der Waals surface area contributed by atoms with Gasteiger partial charge in [-0.05, 0) is 49.3 Å². The fraction of sp³-hybridized carbons (Fsp3) is 0.636. The Kier molecular flexibility index (Phi) is 6.94. The highest BCUT2D eigenvalue weighted by Gasteiger charge is 2.29. The summed E-state index contributed by atoms with van der Waals surface area (Å²) in [6.45, 7) is 9.20. The number of piperazine rings is 1. The predicted molar refractivity (Wildman–Crippen MR) is 111 cm³/mol. The third kappa shape index (κ3) is 5.04. The van der Waals surface area contributed by atoms with Gasteiger partial charge in [0, 0.05) is 51.7 Å². The molecule has 3 amide bonds. The number of rotatable bonds is 5. The predicted octanol–water partition coefficient (Wildman–Crippen LogP) is 2.18. The molecule has 2 aliphatic rings. The van der Waals surface area contributed by atoms with Crippen molar-refractivity contribution in [3.8, 4) is 0 Å². The topological polar surface area (TPSA) is 69.9 Å². The Balaban J connectivity index is 1.42. The molecular weight excluding hydrogens is 352 g/mol. The average Bonchev–Trinajstić information content (AvgIpc) is 2.73. The Morgan fingerprint density at radius 1 is 1.04 bits per heavy atom. The van der Waals surface area contributed by atoms with Gasteiger partial charge in [-0.2, -0.15) is 0 Å². The zero-order valence-electron chi connectivity index (χ0n) is 17.3. The number of benzene rings is 1. The van der Waals surface area contributed by atoms with Crippen molar-refractivity contribution in [2.45, 2.75) is 52.0 Å². The molecule has 2 heterocycles. The molecule has 154 valence electrons. The zero-order chi connectivity index (χ0) is 20.1. The van der Waals surface area contributed by atoms with E-state index in [0.717, 1.165) is 51.9 Å². The SMILES string of the molecule is CCc1cc(CCC(=O)N2CCC(N3CCN(C(N)=O)CC3)CC2)ccc1C. The van der Waals surface area contributed by atoms with Crippen LogP contribution in [0.2, 0.25) is 0 Å².